The molecule has 8 heteroatoms. The van der Waals surface area contributed by atoms with Gasteiger partial charge in [-0.25, -0.2) is 9.59 Å². The highest BCUT2D eigenvalue weighted by Gasteiger charge is 2.33. The molecule has 0 aliphatic heterocycles. The number of benzene rings is 3. The van der Waals surface area contributed by atoms with Gasteiger partial charge in [0, 0.05) is 40.5 Å². The number of rotatable bonds is 10. The van der Waals surface area contributed by atoms with Crippen molar-refractivity contribution in [2.75, 3.05) is 7.11 Å². The number of aromatic amines is 1. The number of nitrogens with zero attached hydrogens (tertiary/aromatic N) is 1. The minimum Gasteiger partial charge on any atom is -0.465 e. The second-order valence-corrected chi connectivity index (χ2v) is 10.2. The lowest BCUT2D eigenvalue weighted by atomic mass is 9.89. The van der Waals surface area contributed by atoms with Gasteiger partial charge in [0.15, 0.2) is 0 Å². The Kier molecular flexibility index (Phi) is 8.21. The summed E-state index contributed by atoms with van der Waals surface area (Å²) in [5.41, 5.74) is 4.11. The number of para-hydroxylation sites is 1. The van der Waals surface area contributed by atoms with Crippen LogP contribution < -0.4 is 10.1 Å². The number of carbonyl (C=O) groups excluding carboxylic acids is 3. The first kappa shape index (κ1) is 27.7. The number of aromatic nitrogens is 2. The zero-order chi connectivity index (χ0) is 28.9. The standard InChI is InChI=1S/C33H31N3O5/c1-20(2)26(19-37)31(35-18-21-9-5-4-6-10-21)33(39)41-28-14-13-22(17-25(28)32(38)40-3)29-30-24(15-16-34-29)23-11-7-8-12-27(23)36-30/h4-17,19-20,26,31,35-36H,18H2,1-3H3/t26?,31-/m0/s1. The number of fused-ring (bicyclic) bond motifs is 3. The van der Waals surface area contributed by atoms with E-state index in [4.69, 9.17) is 9.47 Å². The molecule has 0 saturated heterocycles. The molecule has 0 saturated carbocycles. The SMILES string of the molecule is COC(=O)c1cc(-c2nccc3c2[nH]c2ccccc23)ccc1OC(=O)[C@@H](NCc1ccccc1)C(C=O)C(C)C. The maximum absolute atomic E-state index is 13.5. The minimum atomic E-state index is -0.931. The molecule has 0 bridgehead atoms. The molecule has 2 atom stereocenters. The van der Waals surface area contributed by atoms with E-state index in [9.17, 15) is 14.4 Å². The number of carbonyl (C=O) groups is 3. The summed E-state index contributed by atoms with van der Waals surface area (Å²) in [4.78, 5) is 46.4. The fourth-order valence-corrected chi connectivity index (χ4v) is 5.02. The van der Waals surface area contributed by atoms with E-state index in [0.29, 0.717) is 17.8 Å². The highest BCUT2D eigenvalue weighted by Crippen LogP contribution is 2.34. The third kappa shape index (κ3) is 5.73. The molecule has 1 unspecified atom stereocenters. The molecule has 3 aromatic carbocycles. The third-order valence-electron chi connectivity index (χ3n) is 7.23. The van der Waals surface area contributed by atoms with Gasteiger partial charge in [-0.3, -0.25) is 10.3 Å². The van der Waals surface area contributed by atoms with Crippen LogP contribution in [0.3, 0.4) is 0 Å². The summed E-state index contributed by atoms with van der Waals surface area (Å²) in [6, 6.07) is 23.4. The molecule has 41 heavy (non-hydrogen) atoms. The van der Waals surface area contributed by atoms with Crippen LogP contribution in [0.4, 0.5) is 0 Å². The van der Waals surface area contributed by atoms with E-state index in [1.54, 1.807) is 24.4 Å². The van der Waals surface area contributed by atoms with Crippen molar-refractivity contribution in [3.8, 4) is 17.0 Å². The Morgan fingerprint density at radius 2 is 1.73 bits per heavy atom. The third-order valence-corrected chi connectivity index (χ3v) is 7.23. The van der Waals surface area contributed by atoms with Gasteiger partial charge >= 0.3 is 11.9 Å². The van der Waals surface area contributed by atoms with E-state index in [2.05, 4.69) is 15.3 Å². The quantitative estimate of drug-likeness (QED) is 0.131. The Balaban J connectivity index is 1.49. The molecule has 0 aliphatic rings. The van der Waals surface area contributed by atoms with Gasteiger partial charge in [0.05, 0.1) is 18.3 Å². The molecule has 5 aromatic rings. The van der Waals surface area contributed by atoms with Crippen molar-refractivity contribution < 1.29 is 23.9 Å². The highest BCUT2D eigenvalue weighted by atomic mass is 16.5. The summed E-state index contributed by atoms with van der Waals surface area (Å²) in [6.45, 7) is 4.10. The van der Waals surface area contributed by atoms with Crippen molar-refractivity contribution in [3.63, 3.8) is 0 Å². The molecule has 0 amide bonds. The number of aldehydes is 1. The molecule has 0 aliphatic carbocycles. The average Bonchev–Trinajstić information content (AvgIpc) is 3.38. The van der Waals surface area contributed by atoms with Gasteiger partial charge in [-0.1, -0.05) is 62.4 Å². The number of hydrogen-bond donors (Lipinski definition) is 2. The van der Waals surface area contributed by atoms with Gasteiger partial charge in [0.1, 0.15) is 23.6 Å². The number of pyridine rings is 1. The van der Waals surface area contributed by atoms with Gasteiger partial charge in [-0.05, 0) is 41.8 Å². The van der Waals surface area contributed by atoms with Crippen molar-refractivity contribution in [2.45, 2.75) is 26.4 Å². The van der Waals surface area contributed by atoms with E-state index in [0.717, 1.165) is 33.7 Å². The summed E-state index contributed by atoms with van der Waals surface area (Å²) in [5.74, 6) is -2.06. The zero-order valence-corrected chi connectivity index (χ0v) is 23.1. The topological polar surface area (TPSA) is 110 Å². The molecule has 0 spiro atoms. The Morgan fingerprint density at radius 3 is 2.46 bits per heavy atom. The van der Waals surface area contributed by atoms with Crippen LogP contribution in [-0.4, -0.2) is 41.3 Å². The first-order valence-electron chi connectivity index (χ1n) is 13.4. The predicted molar refractivity (Wildman–Crippen MR) is 157 cm³/mol. The molecule has 2 N–H and O–H groups in total. The van der Waals surface area contributed by atoms with Gasteiger partial charge in [-0.15, -0.1) is 0 Å². The molecular formula is C33H31N3O5. The number of ether oxygens (including phenoxy) is 2. The van der Waals surface area contributed by atoms with Crippen LogP contribution in [0.15, 0.2) is 85.1 Å². The fraction of sp³-hybridized carbons (Fsp3) is 0.212. The summed E-state index contributed by atoms with van der Waals surface area (Å²) in [6.07, 6.45) is 2.49. The van der Waals surface area contributed by atoms with Crippen LogP contribution in [0.5, 0.6) is 5.75 Å². The molecule has 8 nitrogen and oxygen atoms in total. The van der Waals surface area contributed by atoms with E-state index in [1.165, 1.54) is 7.11 Å². The van der Waals surface area contributed by atoms with Crippen molar-refractivity contribution in [1.29, 1.82) is 0 Å². The Bertz CT molecular complexity index is 1710. The van der Waals surface area contributed by atoms with Crippen molar-refractivity contribution in [2.24, 2.45) is 11.8 Å². The van der Waals surface area contributed by atoms with Crippen LogP contribution in [0, 0.1) is 11.8 Å². The predicted octanol–water partition coefficient (Wildman–Crippen LogP) is 5.70. The maximum Gasteiger partial charge on any atom is 0.341 e. The van der Waals surface area contributed by atoms with Gasteiger partial charge < -0.3 is 19.3 Å². The lowest BCUT2D eigenvalue weighted by Gasteiger charge is -2.25. The summed E-state index contributed by atoms with van der Waals surface area (Å²) >= 11 is 0. The molecule has 2 heterocycles. The normalized spacial score (nSPS) is 12.8. The first-order chi connectivity index (χ1) is 19.9. The first-order valence-corrected chi connectivity index (χ1v) is 13.4. The van der Waals surface area contributed by atoms with Crippen LogP contribution >= 0.6 is 0 Å². The smallest absolute Gasteiger partial charge is 0.341 e. The fourth-order valence-electron chi connectivity index (χ4n) is 5.02. The molecule has 0 radical (unpaired) electrons. The zero-order valence-electron chi connectivity index (χ0n) is 23.1. The molecular weight excluding hydrogens is 518 g/mol. The number of nitrogens with one attached hydrogen (secondary N) is 2. The van der Waals surface area contributed by atoms with E-state index >= 15 is 0 Å². The van der Waals surface area contributed by atoms with Gasteiger partial charge in [0.2, 0.25) is 0 Å². The molecule has 208 valence electrons. The Morgan fingerprint density at radius 1 is 0.976 bits per heavy atom. The van der Waals surface area contributed by atoms with Crippen LogP contribution in [0.1, 0.15) is 29.8 Å². The summed E-state index contributed by atoms with van der Waals surface area (Å²) < 4.78 is 10.8. The maximum atomic E-state index is 13.5. The van der Waals surface area contributed by atoms with E-state index in [-0.39, 0.29) is 17.2 Å². The van der Waals surface area contributed by atoms with Crippen LogP contribution in [0.25, 0.3) is 33.1 Å². The lowest BCUT2D eigenvalue weighted by molar-refractivity contribution is -0.140. The Labute approximate surface area is 237 Å². The summed E-state index contributed by atoms with van der Waals surface area (Å²) in [5, 5.41) is 5.25. The van der Waals surface area contributed by atoms with Gasteiger partial charge in [0.25, 0.3) is 0 Å². The monoisotopic (exact) mass is 549 g/mol. The molecule has 0 fully saturated rings. The number of hydrogen-bond acceptors (Lipinski definition) is 7. The van der Waals surface area contributed by atoms with Gasteiger partial charge in [-0.2, -0.15) is 0 Å². The Hall–Kier alpha value is -4.82. The second-order valence-electron chi connectivity index (χ2n) is 10.2. The number of H-pyrrole nitrogens is 1. The highest BCUT2D eigenvalue weighted by molar-refractivity contribution is 6.11. The number of esters is 2. The largest absolute Gasteiger partial charge is 0.465 e. The van der Waals surface area contributed by atoms with Crippen LogP contribution in [-0.2, 0) is 20.9 Å². The second kappa shape index (κ2) is 12.1. The van der Waals surface area contributed by atoms with Crippen molar-refractivity contribution >= 4 is 40.0 Å². The van der Waals surface area contributed by atoms with E-state index in [1.807, 2.05) is 74.5 Å². The molecule has 2 aromatic heterocycles. The average molecular weight is 550 g/mol. The molecule has 5 rings (SSSR count). The van der Waals surface area contributed by atoms with Crippen LogP contribution in [0.2, 0.25) is 0 Å². The van der Waals surface area contributed by atoms with E-state index < -0.39 is 23.9 Å². The lowest BCUT2D eigenvalue weighted by Crippen LogP contribution is -2.47. The number of methoxy groups -OCH3 is 1. The summed E-state index contributed by atoms with van der Waals surface area (Å²) in [7, 11) is 1.27. The minimum absolute atomic E-state index is 0.0364. The van der Waals surface area contributed by atoms with Crippen molar-refractivity contribution in [3.05, 3.63) is 96.2 Å². The van der Waals surface area contributed by atoms with Crippen molar-refractivity contribution in [1.82, 2.24) is 15.3 Å².